The van der Waals surface area contributed by atoms with E-state index in [4.69, 9.17) is 15.2 Å². The van der Waals surface area contributed by atoms with E-state index in [0.29, 0.717) is 11.5 Å². The van der Waals surface area contributed by atoms with Crippen LogP contribution in [-0.4, -0.2) is 12.5 Å². The van der Waals surface area contributed by atoms with Crippen molar-refractivity contribution in [3.05, 3.63) is 54.1 Å². The number of aryl methyl sites for hydroxylation is 1. The number of carbonyl (C=O) groups excluding carboxylic acids is 1. The van der Waals surface area contributed by atoms with E-state index in [9.17, 15) is 4.79 Å². The maximum Gasteiger partial charge on any atom is 0.255 e. The van der Waals surface area contributed by atoms with Crippen LogP contribution in [0.1, 0.15) is 5.56 Å². The van der Waals surface area contributed by atoms with Crippen LogP contribution in [0.15, 0.2) is 48.5 Å². The summed E-state index contributed by atoms with van der Waals surface area (Å²) in [5.74, 6) is 1.56. The molecule has 0 bridgehead atoms. The normalized spacial score (nSPS) is 9.95. The highest BCUT2D eigenvalue weighted by molar-refractivity contribution is 5.75. The topological polar surface area (TPSA) is 61.6 Å². The fourth-order valence-electron chi connectivity index (χ4n) is 1.50. The third kappa shape index (κ3) is 4.03. The first-order valence-electron chi connectivity index (χ1n) is 5.89. The summed E-state index contributed by atoms with van der Waals surface area (Å²) in [6.07, 6.45) is 0. The van der Waals surface area contributed by atoms with Gasteiger partial charge in [0.25, 0.3) is 5.91 Å². The van der Waals surface area contributed by atoms with E-state index in [1.807, 2.05) is 31.2 Å². The van der Waals surface area contributed by atoms with Gasteiger partial charge in [-0.3, -0.25) is 4.79 Å². The zero-order valence-corrected chi connectivity index (χ0v) is 10.6. The molecule has 0 saturated carbocycles. The second-order valence-electron chi connectivity index (χ2n) is 4.14. The third-order valence-corrected chi connectivity index (χ3v) is 2.46. The molecule has 0 atom stereocenters. The number of nitrogens with two attached hydrogens (primary N) is 1. The molecular weight excluding hydrogens is 242 g/mol. The average molecular weight is 257 g/mol. The fraction of sp³-hybridized carbons (Fsp3) is 0.133. The highest BCUT2D eigenvalue weighted by Gasteiger charge is 2.00. The summed E-state index contributed by atoms with van der Waals surface area (Å²) in [5, 5.41) is 0. The van der Waals surface area contributed by atoms with Gasteiger partial charge in [-0.15, -0.1) is 0 Å². The molecule has 0 spiro atoms. The Balaban J connectivity index is 1.98. The highest BCUT2D eigenvalue weighted by atomic mass is 16.5. The molecule has 0 unspecified atom stereocenters. The zero-order chi connectivity index (χ0) is 13.7. The first kappa shape index (κ1) is 13.0. The van der Waals surface area contributed by atoms with Crippen molar-refractivity contribution in [2.75, 3.05) is 6.61 Å². The summed E-state index contributed by atoms with van der Waals surface area (Å²) in [6.45, 7) is 1.90. The number of benzene rings is 2. The average Bonchev–Trinajstić information content (AvgIpc) is 2.40. The van der Waals surface area contributed by atoms with Crippen molar-refractivity contribution in [3.63, 3.8) is 0 Å². The largest absolute Gasteiger partial charge is 0.484 e. The summed E-state index contributed by atoms with van der Waals surface area (Å²) < 4.78 is 10.8. The van der Waals surface area contributed by atoms with E-state index in [-0.39, 0.29) is 6.61 Å². The minimum atomic E-state index is -0.500. The van der Waals surface area contributed by atoms with Crippen molar-refractivity contribution in [1.82, 2.24) is 0 Å². The first-order valence-corrected chi connectivity index (χ1v) is 5.89. The standard InChI is InChI=1S/C15H15NO3/c1-11-2-4-13(5-3-11)19-14-8-6-12(7-9-14)18-10-15(16)17/h2-9H,10H2,1H3,(H2,16,17). The molecule has 2 N–H and O–H groups in total. The van der Waals surface area contributed by atoms with Crippen LogP contribution >= 0.6 is 0 Å². The van der Waals surface area contributed by atoms with Crippen molar-refractivity contribution in [2.24, 2.45) is 5.73 Å². The Hall–Kier alpha value is -2.49. The lowest BCUT2D eigenvalue weighted by Crippen LogP contribution is -2.19. The summed E-state index contributed by atoms with van der Waals surface area (Å²) in [5.41, 5.74) is 6.18. The molecule has 0 radical (unpaired) electrons. The lowest BCUT2D eigenvalue weighted by atomic mass is 10.2. The van der Waals surface area contributed by atoms with E-state index in [0.717, 1.165) is 5.75 Å². The Labute approximate surface area is 111 Å². The van der Waals surface area contributed by atoms with Crippen LogP contribution in [0.2, 0.25) is 0 Å². The number of primary amides is 1. The molecule has 2 aromatic carbocycles. The zero-order valence-electron chi connectivity index (χ0n) is 10.6. The van der Waals surface area contributed by atoms with Gasteiger partial charge in [-0.2, -0.15) is 0 Å². The molecule has 0 aliphatic heterocycles. The van der Waals surface area contributed by atoms with Crippen molar-refractivity contribution in [1.29, 1.82) is 0 Å². The molecule has 4 heteroatoms. The molecule has 0 aliphatic rings. The van der Waals surface area contributed by atoms with Crippen molar-refractivity contribution in [3.8, 4) is 17.2 Å². The Morgan fingerprint density at radius 2 is 1.42 bits per heavy atom. The smallest absolute Gasteiger partial charge is 0.255 e. The number of hydrogen-bond donors (Lipinski definition) is 1. The predicted molar refractivity (Wildman–Crippen MR) is 72.4 cm³/mol. The minimum Gasteiger partial charge on any atom is -0.484 e. The van der Waals surface area contributed by atoms with Gasteiger partial charge >= 0.3 is 0 Å². The number of ether oxygens (including phenoxy) is 2. The van der Waals surface area contributed by atoms with E-state index in [2.05, 4.69) is 0 Å². The molecular formula is C15H15NO3. The molecule has 2 aromatic rings. The van der Waals surface area contributed by atoms with E-state index in [1.165, 1.54) is 5.56 Å². The van der Waals surface area contributed by atoms with E-state index in [1.54, 1.807) is 24.3 Å². The highest BCUT2D eigenvalue weighted by Crippen LogP contribution is 2.23. The molecule has 0 fully saturated rings. The molecule has 0 aliphatic carbocycles. The molecule has 19 heavy (non-hydrogen) atoms. The molecule has 98 valence electrons. The molecule has 0 saturated heterocycles. The predicted octanol–water partition coefficient (Wildman–Crippen LogP) is 2.65. The molecule has 0 aromatic heterocycles. The molecule has 0 heterocycles. The summed E-state index contributed by atoms with van der Waals surface area (Å²) in [4.78, 5) is 10.6. The fourth-order valence-corrected chi connectivity index (χ4v) is 1.50. The Kier molecular flexibility index (Phi) is 4.03. The maximum atomic E-state index is 10.6. The van der Waals surface area contributed by atoms with Crippen LogP contribution in [-0.2, 0) is 4.79 Å². The lowest BCUT2D eigenvalue weighted by Gasteiger charge is -2.07. The quantitative estimate of drug-likeness (QED) is 0.895. The molecule has 2 rings (SSSR count). The summed E-state index contributed by atoms with van der Waals surface area (Å²) in [6, 6.07) is 14.8. The number of amides is 1. The van der Waals surface area contributed by atoms with Gasteiger partial charge in [0.1, 0.15) is 17.2 Å². The van der Waals surface area contributed by atoms with Gasteiger partial charge in [0.05, 0.1) is 0 Å². The van der Waals surface area contributed by atoms with E-state index < -0.39 is 5.91 Å². The van der Waals surface area contributed by atoms with Gasteiger partial charge < -0.3 is 15.2 Å². The van der Waals surface area contributed by atoms with Crippen LogP contribution < -0.4 is 15.2 Å². The van der Waals surface area contributed by atoms with Gasteiger partial charge in [0, 0.05) is 0 Å². The van der Waals surface area contributed by atoms with Crippen molar-refractivity contribution >= 4 is 5.91 Å². The lowest BCUT2D eigenvalue weighted by molar-refractivity contribution is -0.119. The van der Waals surface area contributed by atoms with Crippen LogP contribution in [0.25, 0.3) is 0 Å². The summed E-state index contributed by atoms with van der Waals surface area (Å²) >= 11 is 0. The van der Waals surface area contributed by atoms with Gasteiger partial charge in [-0.05, 0) is 43.3 Å². The maximum absolute atomic E-state index is 10.6. The second kappa shape index (κ2) is 5.91. The Morgan fingerprint density at radius 3 is 1.95 bits per heavy atom. The van der Waals surface area contributed by atoms with Crippen molar-refractivity contribution < 1.29 is 14.3 Å². The number of rotatable bonds is 5. The number of carbonyl (C=O) groups is 1. The summed E-state index contributed by atoms with van der Waals surface area (Å²) in [7, 11) is 0. The van der Waals surface area contributed by atoms with Gasteiger partial charge in [0.2, 0.25) is 0 Å². The third-order valence-electron chi connectivity index (χ3n) is 2.46. The minimum absolute atomic E-state index is 0.127. The molecule has 4 nitrogen and oxygen atoms in total. The first-order chi connectivity index (χ1) is 9.13. The van der Waals surface area contributed by atoms with Gasteiger partial charge in [0.15, 0.2) is 6.61 Å². The monoisotopic (exact) mass is 257 g/mol. The Bertz CT molecular complexity index is 547. The van der Waals surface area contributed by atoms with Gasteiger partial charge in [-0.25, -0.2) is 0 Å². The molecule has 1 amide bonds. The van der Waals surface area contributed by atoms with Crippen LogP contribution in [0.5, 0.6) is 17.2 Å². The van der Waals surface area contributed by atoms with Gasteiger partial charge in [-0.1, -0.05) is 17.7 Å². The Morgan fingerprint density at radius 1 is 0.947 bits per heavy atom. The van der Waals surface area contributed by atoms with E-state index >= 15 is 0 Å². The van der Waals surface area contributed by atoms with Crippen LogP contribution in [0.3, 0.4) is 0 Å². The van der Waals surface area contributed by atoms with Crippen LogP contribution in [0, 0.1) is 6.92 Å². The van der Waals surface area contributed by atoms with Crippen LogP contribution in [0.4, 0.5) is 0 Å². The second-order valence-corrected chi connectivity index (χ2v) is 4.14. The number of hydrogen-bond acceptors (Lipinski definition) is 3. The van der Waals surface area contributed by atoms with Crippen molar-refractivity contribution in [2.45, 2.75) is 6.92 Å². The SMILES string of the molecule is Cc1ccc(Oc2ccc(OCC(N)=O)cc2)cc1.